The van der Waals surface area contributed by atoms with Crippen molar-refractivity contribution < 1.29 is 28.6 Å². The summed E-state index contributed by atoms with van der Waals surface area (Å²) in [4.78, 5) is 38.4. The molecule has 6 heteroatoms. The van der Waals surface area contributed by atoms with Crippen molar-refractivity contribution in [2.75, 3.05) is 13.2 Å². The molecule has 82 heavy (non-hydrogen) atoms. The van der Waals surface area contributed by atoms with Gasteiger partial charge in [-0.2, -0.15) is 0 Å². The summed E-state index contributed by atoms with van der Waals surface area (Å²) in [5.74, 6) is -0.866. The monoisotopic (exact) mass is 1140 g/mol. The molecule has 0 radical (unpaired) electrons. The van der Waals surface area contributed by atoms with E-state index in [0.717, 1.165) is 116 Å². The van der Waals surface area contributed by atoms with E-state index in [4.69, 9.17) is 14.2 Å². The van der Waals surface area contributed by atoms with Crippen molar-refractivity contribution in [1.29, 1.82) is 0 Å². The Labute approximate surface area is 508 Å². The summed E-state index contributed by atoms with van der Waals surface area (Å²) >= 11 is 0. The van der Waals surface area contributed by atoms with Crippen molar-refractivity contribution >= 4 is 17.9 Å². The summed E-state index contributed by atoms with van der Waals surface area (Å²) in [7, 11) is 0. The van der Waals surface area contributed by atoms with Gasteiger partial charge in [0.15, 0.2) is 6.10 Å². The molecule has 0 aliphatic carbocycles. The van der Waals surface area contributed by atoms with Gasteiger partial charge in [0.1, 0.15) is 13.2 Å². The molecule has 0 rings (SSSR count). The molecular formula is C76H132O6. The van der Waals surface area contributed by atoms with Crippen molar-refractivity contribution in [2.24, 2.45) is 0 Å². The summed E-state index contributed by atoms with van der Waals surface area (Å²) < 4.78 is 17.0. The van der Waals surface area contributed by atoms with Crippen molar-refractivity contribution in [3.05, 3.63) is 97.2 Å². The van der Waals surface area contributed by atoms with Crippen LogP contribution in [0.2, 0.25) is 0 Å². The van der Waals surface area contributed by atoms with Gasteiger partial charge in [-0.1, -0.05) is 330 Å². The zero-order chi connectivity index (χ0) is 59.2. The Balaban J connectivity index is 4.20. The van der Waals surface area contributed by atoms with Gasteiger partial charge < -0.3 is 14.2 Å². The van der Waals surface area contributed by atoms with Gasteiger partial charge >= 0.3 is 17.9 Å². The molecule has 0 aromatic heterocycles. The Kier molecular flexibility index (Phi) is 66.7. The molecule has 0 amide bonds. The van der Waals surface area contributed by atoms with Crippen LogP contribution in [0.4, 0.5) is 0 Å². The smallest absolute Gasteiger partial charge is 0.306 e. The van der Waals surface area contributed by atoms with Gasteiger partial charge in [0.2, 0.25) is 0 Å². The Hall–Kier alpha value is -3.67. The second kappa shape index (κ2) is 69.8. The fourth-order valence-corrected chi connectivity index (χ4v) is 10.1. The van der Waals surface area contributed by atoms with Gasteiger partial charge in [-0.25, -0.2) is 0 Å². The van der Waals surface area contributed by atoms with Crippen molar-refractivity contribution in [2.45, 2.75) is 354 Å². The quantitative estimate of drug-likeness (QED) is 0.0261. The predicted molar refractivity (Wildman–Crippen MR) is 357 cm³/mol. The van der Waals surface area contributed by atoms with Crippen LogP contribution in [-0.2, 0) is 28.6 Å². The van der Waals surface area contributed by atoms with Gasteiger partial charge in [-0.3, -0.25) is 14.4 Å². The molecule has 0 aromatic carbocycles. The zero-order valence-electron chi connectivity index (χ0n) is 54.2. The molecule has 0 aromatic rings. The summed E-state index contributed by atoms with van der Waals surface area (Å²) in [6.07, 6.45) is 94.4. The van der Waals surface area contributed by atoms with Crippen LogP contribution in [0.15, 0.2) is 97.2 Å². The van der Waals surface area contributed by atoms with E-state index in [1.807, 2.05) is 0 Å². The molecule has 0 saturated carbocycles. The lowest BCUT2D eigenvalue weighted by Gasteiger charge is -2.18. The van der Waals surface area contributed by atoms with Crippen LogP contribution in [0.1, 0.15) is 348 Å². The third-order valence-electron chi connectivity index (χ3n) is 15.3. The third-order valence-corrected chi connectivity index (χ3v) is 15.3. The van der Waals surface area contributed by atoms with Crippen molar-refractivity contribution in [3.8, 4) is 0 Å². The molecular weight excluding hydrogens is 1010 g/mol. The second-order valence-corrected chi connectivity index (χ2v) is 23.4. The highest BCUT2D eigenvalue weighted by molar-refractivity contribution is 5.71. The van der Waals surface area contributed by atoms with E-state index in [1.165, 1.54) is 193 Å². The summed E-state index contributed by atoms with van der Waals surface area (Å²) in [5.41, 5.74) is 0. The average molecular weight is 1140 g/mol. The number of unbranched alkanes of at least 4 members (excludes halogenated alkanes) is 37. The normalized spacial score (nSPS) is 12.7. The van der Waals surface area contributed by atoms with Crippen LogP contribution in [0, 0.1) is 0 Å². The van der Waals surface area contributed by atoms with Crippen LogP contribution in [0.5, 0.6) is 0 Å². The van der Waals surface area contributed by atoms with E-state index in [0.29, 0.717) is 19.3 Å². The van der Waals surface area contributed by atoms with Crippen LogP contribution in [-0.4, -0.2) is 37.2 Å². The standard InChI is InChI=1S/C76H132O6/c1-4-7-10-13-16-19-22-25-27-29-31-33-34-35-36-37-38-39-40-41-42-44-45-47-49-51-54-57-60-63-66-69-75(78)81-72-73(71-80-74(77)68-65-62-59-56-53-24-21-18-15-12-9-6-3)82-76(79)70-67-64-61-58-55-52-50-48-46-43-32-30-28-26-23-20-17-14-11-8-5-2/h7-8,10-11,16-17,19-20,25-28,31-33,43,73H,4-6,9,12-15,18,21-24,29-30,34-42,44-72H2,1-3H3/b10-7-,11-8-,19-16-,20-17-,27-25-,28-26-,33-31-,43-32-. The van der Waals surface area contributed by atoms with Crippen LogP contribution in [0.3, 0.4) is 0 Å². The van der Waals surface area contributed by atoms with Gasteiger partial charge in [-0.15, -0.1) is 0 Å². The third kappa shape index (κ3) is 67.1. The highest BCUT2D eigenvalue weighted by Gasteiger charge is 2.19. The first kappa shape index (κ1) is 78.3. The molecule has 0 N–H and O–H groups in total. The van der Waals surface area contributed by atoms with Crippen LogP contribution < -0.4 is 0 Å². The molecule has 0 aliphatic rings. The van der Waals surface area contributed by atoms with Crippen LogP contribution in [0.25, 0.3) is 0 Å². The molecule has 0 spiro atoms. The van der Waals surface area contributed by atoms with Crippen LogP contribution >= 0.6 is 0 Å². The van der Waals surface area contributed by atoms with E-state index in [1.54, 1.807) is 0 Å². The highest BCUT2D eigenvalue weighted by atomic mass is 16.6. The first-order valence-electron chi connectivity index (χ1n) is 35.2. The maximum absolute atomic E-state index is 12.9. The van der Waals surface area contributed by atoms with E-state index in [9.17, 15) is 14.4 Å². The lowest BCUT2D eigenvalue weighted by Crippen LogP contribution is -2.30. The Morgan fingerprint density at radius 1 is 0.256 bits per heavy atom. The van der Waals surface area contributed by atoms with Gasteiger partial charge in [0, 0.05) is 19.3 Å². The predicted octanol–water partition coefficient (Wildman–Crippen LogP) is 24.4. The number of carbonyl (C=O) groups is 3. The molecule has 1 unspecified atom stereocenters. The molecule has 6 nitrogen and oxygen atoms in total. The molecule has 0 saturated heterocycles. The van der Waals surface area contributed by atoms with Gasteiger partial charge in [0.25, 0.3) is 0 Å². The number of rotatable bonds is 64. The minimum atomic E-state index is -0.780. The minimum absolute atomic E-state index is 0.0757. The topological polar surface area (TPSA) is 78.9 Å². The second-order valence-electron chi connectivity index (χ2n) is 23.4. The fraction of sp³-hybridized carbons (Fsp3) is 0.750. The van der Waals surface area contributed by atoms with E-state index in [2.05, 4.69) is 118 Å². The summed E-state index contributed by atoms with van der Waals surface area (Å²) in [5, 5.41) is 0. The minimum Gasteiger partial charge on any atom is -0.462 e. The Morgan fingerprint density at radius 3 is 0.744 bits per heavy atom. The molecule has 472 valence electrons. The zero-order valence-corrected chi connectivity index (χ0v) is 54.2. The van der Waals surface area contributed by atoms with E-state index < -0.39 is 6.10 Å². The highest BCUT2D eigenvalue weighted by Crippen LogP contribution is 2.18. The summed E-state index contributed by atoms with van der Waals surface area (Å²) in [6.45, 7) is 6.45. The lowest BCUT2D eigenvalue weighted by atomic mass is 10.0. The lowest BCUT2D eigenvalue weighted by molar-refractivity contribution is -0.167. The summed E-state index contributed by atoms with van der Waals surface area (Å²) in [6, 6.07) is 0. The van der Waals surface area contributed by atoms with Crippen molar-refractivity contribution in [3.63, 3.8) is 0 Å². The average Bonchev–Trinajstić information content (AvgIpc) is 3.47. The van der Waals surface area contributed by atoms with Crippen molar-refractivity contribution in [1.82, 2.24) is 0 Å². The van der Waals surface area contributed by atoms with Gasteiger partial charge in [-0.05, 0) is 96.3 Å². The maximum Gasteiger partial charge on any atom is 0.306 e. The van der Waals surface area contributed by atoms with E-state index >= 15 is 0 Å². The van der Waals surface area contributed by atoms with Gasteiger partial charge in [0.05, 0.1) is 0 Å². The molecule has 0 heterocycles. The fourth-order valence-electron chi connectivity index (χ4n) is 10.1. The number of ether oxygens (including phenoxy) is 3. The first-order chi connectivity index (χ1) is 40.5. The number of esters is 3. The maximum atomic E-state index is 12.9. The molecule has 1 atom stereocenters. The number of hydrogen-bond acceptors (Lipinski definition) is 6. The molecule has 0 aliphatic heterocycles. The van der Waals surface area contributed by atoms with E-state index in [-0.39, 0.29) is 31.1 Å². The Bertz CT molecular complexity index is 1590. The molecule has 0 fully saturated rings. The molecule has 0 bridgehead atoms. The number of carbonyl (C=O) groups excluding carboxylic acids is 3. The first-order valence-corrected chi connectivity index (χ1v) is 35.2. The Morgan fingerprint density at radius 2 is 0.476 bits per heavy atom. The SMILES string of the molecule is CC/C=C\C/C=C\C/C=C\C/C=C\CCCCCCCCCCCCCCCCCCCCC(=O)OCC(COC(=O)CCCCCCCCCCCCCC)OC(=O)CCCCCCCCCC/C=C\C/C=C\C/C=C\C/C=C\CC. The number of allylic oxidation sites excluding steroid dienone is 16. The largest absolute Gasteiger partial charge is 0.462 e. The number of hydrogen-bond donors (Lipinski definition) is 0.